The fraction of sp³-hybridized carbons (Fsp3) is 0.355. The number of ether oxygens (including phenoxy) is 2. The van der Waals surface area contributed by atoms with Crippen LogP contribution in [0.25, 0.3) is 0 Å². The molecule has 2 amide bonds. The molecular formula is C31H36FN3O6S. The summed E-state index contributed by atoms with van der Waals surface area (Å²) in [5.74, 6) is -0.949. The van der Waals surface area contributed by atoms with E-state index in [1.54, 1.807) is 37.3 Å². The van der Waals surface area contributed by atoms with Crippen LogP contribution >= 0.6 is 0 Å². The molecule has 1 aliphatic rings. The first-order valence-electron chi connectivity index (χ1n) is 13.8. The standard InChI is InChI=1S/C31H36FN3O6S/c1-22(31(37)33-24-12-8-9-13-24)34(20-23-11-7-10-16-27(23)32)30(36)21-35(42(38,39)26-14-5-4-6-15-26)25-17-18-28(40-2)29(19-25)41-3/h4-7,10-11,14-19,22,24H,8-9,12-13,20-21H2,1-3H3,(H,33,37)/t22-/m0/s1. The monoisotopic (exact) mass is 597 g/mol. The van der Waals surface area contributed by atoms with Gasteiger partial charge >= 0.3 is 0 Å². The van der Waals surface area contributed by atoms with Crippen molar-refractivity contribution in [2.75, 3.05) is 25.1 Å². The molecule has 1 aliphatic carbocycles. The predicted octanol–water partition coefficient (Wildman–Crippen LogP) is 4.51. The van der Waals surface area contributed by atoms with Crippen molar-refractivity contribution >= 4 is 27.5 Å². The van der Waals surface area contributed by atoms with Gasteiger partial charge in [-0.05, 0) is 50.1 Å². The summed E-state index contributed by atoms with van der Waals surface area (Å²) in [5.41, 5.74) is 0.355. The molecule has 4 rings (SSSR count). The van der Waals surface area contributed by atoms with Gasteiger partial charge in [0.1, 0.15) is 18.4 Å². The molecule has 0 aliphatic heterocycles. The Bertz CT molecular complexity index is 1500. The molecule has 0 heterocycles. The Balaban J connectivity index is 1.73. The molecule has 0 aromatic heterocycles. The molecule has 0 bridgehead atoms. The second-order valence-electron chi connectivity index (χ2n) is 10.1. The van der Waals surface area contributed by atoms with Gasteiger partial charge in [-0.25, -0.2) is 12.8 Å². The summed E-state index contributed by atoms with van der Waals surface area (Å²) in [6.07, 6.45) is 3.72. The SMILES string of the molecule is COc1ccc(N(CC(=O)N(Cc2ccccc2F)[C@@H](C)C(=O)NC2CCCC2)S(=O)(=O)c2ccccc2)cc1OC. The third kappa shape index (κ3) is 7.02. The van der Waals surface area contributed by atoms with Gasteiger partial charge in [-0.1, -0.05) is 49.2 Å². The van der Waals surface area contributed by atoms with E-state index in [0.717, 1.165) is 30.0 Å². The Hall–Kier alpha value is -4.12. The summed E-state index contributed by atoms with van der Waals surface area (Å²) >= 11 is 0. The summed E-state index contributed by atoms with van der Waals surface area (Å²) in [7, 11) is -1.38. The molecule has 1 fully saturated rings. The molecule has 0 saturated heterocycles. The molecule has 1 saturated carbocycles. The van der Waals surface area contributed by atoms with Crippen molar-refractivity contribution in [2.45, 2.75) is 56.1 Å². The van der Waals surface area contributed by atoms with Crippen molar-refractivity contribution in [3.8, 4) is 11.5 Å². The van der Waals surface area contributed by atoms with Crippen molar-refractivity contribution in [1.82, 2.24) is 10.2 Å². The molecule has 42 heavy (non-hydrogen) atoms. The molecule has 0 spiro atoms. The number of sulfonamides is 1. The Labute approximate surface area is 246 Å². The molecule has 1 atom stereocenters. The second kappa shape index (κ2) is 13.7. The van der Waals surface area contributed by atoms with Crippen LogP contribution in [-0.2, 0) is 26.2 Å². The van der Waals surface area contributed by atoms with Gasteiger partial charge in [0, 0.05) is 24.2 Å². The highest BCUT2D eigenvalue weighted by molar-refractivity contribution is 7.92. The number of halogens is 1. The quantitative estimate of drug-likeness (QED) is 0.329. The van der Waals surface area contributed by atoms with Crippen LogP contribution in [0.1, 0.15) is 38.2 Å². The maximum Gasteiger partial charge on any atom is 0.264 e. The zero-order chi connectivity index (χ0) is 30.3. The molecule has 3 aromatic carbocycles. The molecule has 224 valence electrons. The Kier molecular flexibility index (Phi) is 10.1. The van der Waals surface area contributed by atoms with E-state index in [-0.39, 0.29) is 40.4 Å². The number of methoxy groups -OCH3 is 2. The lowest BCUT2D eigenvalue weighted by Gasteiger charge is -2.32. The van der Waals surface area contributed by atoms with Gasteiger partial charge in [-0.2, -0.15) is 0 Å². The van der Waals surface area contributed by atoms with E-state index in [9.17, 15) is 22.4 Å². The first kappa shape index (κ1) is 30.8. The summed E-state index contributed by atoms with van der Waals surface area (Å²) < 4.78 is 54.2. The Morgan fingerprint density at radius 1 is 0.952 bits per heavy atom. The smallest absolute Gasteiger partial charge is 0.264 e. The third-order valence-corrected chi connectivity index (χ3v) is 9.22. The maximum atomic E-state index is 14.7. The first-order chi connectivity index (χ1) is 20.1. The van der Waals surface area contributed by atoms with Gasteiger partial charge < -0.3 is 19.7 Å². The van der Waals surface area contributed by atoms with Crippen LogP contribution in [0.15, 0.2) is 77.7 Å². The normalized spacial score (nSPS) is 14.2. The van der Waals surface area contributed by atoms with Gasteiger partial charge in [0.05, 0.1) is 24.8 Å². The number of anilines is 1. The highest BCUT2D eigenvalue weighted by Gasteiger charge is 2.34. The van der Waals surface area contributed by atoms with E-state index < -0.39 is 34.3 Å². The van der Waals surface area contributed by atoms with E-state index in [1.807, 2.05) is 0 Å². The minimum atomic E-state index is -4.26. The van der Waals surface area contributed by atoms with E-state index in [1.165, 1.54) is 61.6 Å². The van der Waals surface area contributed by atoms with Crippen molar-refractivity contribution < 1.29 is 31.9 Å². The van der Waals surface area contributed by atoms with E-state index in [4.69, 9.17) is 9.47 Å². The van der Waals surface area contributed by atoms with Gasteiger partial charge in [-0.15, -0.1) is 0 Å². The number of hydrogen-bond donors (Lipinski definition) is 1. The number of carbonyl (C=O) groups is 2. The number of rotatable bonds is 12. The van der Waals surface area contributed by atoms with E-state index in [0.29, 0.717) is 5.75 Å². The predicted molar refractivity (Wildman–Crippen MR) is 157 cm³/mol. The van der Waals surface area contributed by atoms with Crippen LogP contribution in [0.5, 0.6) is 11.5 Å². The van der Waals surface area contributed by atoms with Crippen LogP contribution in [0, 0.1) is 5.82 Å². The van der Waals surface area contributed by atoms with Crippen molar-refractivity contribution in [3.63, 3.8) is 0 Å². The highest BCUT2D eigenvalue weighted by atomic mass is 32.2. The molecule has 0 radical (unpaired) electrons. The minimum Gasteiger partial charge on any atom is -0.493 e. The van der Waals surface area contributed by atoms with Crippen molar-refractivity contribution in [3.05, 3.63) is 84.2 Å². The minimum absolute atomic E-state index is 0.00656. The largest absolute Gasteiger partial charge is 0.493 e. The molecule has 0 unspecified atom stereocenters. The van der Waals surface area contributed by atoms with Gasteiger partial charge in [0.25, 0.3) is 10.0 Å². The first-order valence-corrected chi connectivity index (χ1v) is 15.2. The molecule has 3 aromatic rings. The summed E-state index contributed by atoms with van der Waals surface area (Å²) in [6, 6.07) is 17.2. The Morgan fingerprint density at radius 2 is 1.60 bits per heavy atom. The lowest BCUT2D eigenvalue weighted by atomic mass is 10.1. The molecule has 1 N–H and O–H groups in total. The summed E-state index contributed by atoms with van der Waals surface area (Å²) in [6.45, 7) is 0.688. The number of hydrogen-bond acceptors (Lipinski definition) is 6. The van der Waals surface area contributed by atoms with E-state index in [2.05, 4.69) is 5.32 Å². The number of nitrogens with zero attached hydrogens (tertiary/aromatic N) is 2. The van der Waals surface area contributed by atoms with Crippen LogP contribution in [0.2, 0.25) is 0 Å². The van der Waals surface area contributed by atoms with Crippen LogP contribution in [0.4, 0.5) is 10.1 Å². The Morgan fingerprint density at radius 3 is 2.24 bits per heavy atom. The topological polar surface area (TPSA) is 105 Å². The van der Waals surface area contributed by atoms with Crippen LogP contribution in [-0.4, -0.2) is 58.0 Å². The lowest BCUT2D eigenvalue weighted by Crippen LogP contribution is -2.52. The fourth-order valence-corrected chi connectivity index (χ4v) is 6.44. The molecule has 11 heteroatoms. The molecular weight excluding hydrogens is 561 g/mol. The van der Waals surface area contributed by atoms with Gasteiger partial charge in [-0.3, -0.25) is 13.9 Å². The summed E-state index contributed by atoms with van der Waals surface area (Å²) in [4.78, 5) is 28.5. The number of carbonyl (C=O) groups excluding carboxylic acids is 2. The highest BCUT2D eigenvalue weighted by Crippen LogP contribution is 2.34. The second-order valence-corrected chi connectivity index (χ2v) is 12.0. The zero-order valence-electron chi connectivity index (χ0n) is 24.0. The number of amides is 2. The maximum absolute atomic E-state index is 14.7. The van der Waals surface area contributed by atoms with Crippen LogP contribution < -0.4 is 19.1 Å². The van der Waals surface area contributed by atoms with Crippen LogP contribution in [0.3, 0.4) is 0 Å². The van der Waals surface area contributed by atoms with Gasteiger partial charge in [0.15, 0.2) is 11.5 Å². The average Bonchev–Trinajstić information content (AvgIpc) is 3.52. The zero-order valence-corrected chi connectivity index (χ0v) is 24.8. The van der Waals surface area contributed by atoms with E-state index >= 15 is 0 Å². The molecule has 9 nitrogen and oxygen atoms in total. The third-order valence-electron chi connectivity index (χ3n) is 7.43. The number of nitrogens with one attached hydrogen (secondary N) is 1. The summed E-state index contributed by atoms with van der Waals surface area (Å²) in [5, 5.41) is 2.99. The lowest BCUT2D eigenvalue weighted by molar-refractivity contribution is -0.139. The number of benzene rings is 3. The van der Waals surface area contributed by atoms with Gasteiger partial charge in [0.2, 0.25) is 11.8 Å². The average molecular weight is 598 g/mol. The van der Waals surface area contributed by atoms with Crippen molar-refractivity contribution in [1.29, 1.82) is 0 Å². The fourth-order valence-electron chi connectivity index (χ4n) is 5.01. The van der Waals surface area contributed by atoms with Crippen molar-refractivity contribution in [2.24, 2.45) is 0 Å².